The summed E-state index contributed by atoms with van der Waals surface area (Å²) in [5, 5.41) is 0.681. The summed E-state index contributed by atoms with van der Waals surface area (Å²) in [4.78, 5) is 15.8. The number of ether oxygens (including phenoxy) is 1. The van der Waals surface area contributed by atoms with Crippen LogP contribution in [0, 0.1) is 5.92 Å². The Morgan fingerprint density at radius 1 is 1.37 bits per heavy atom. The molecular weight excluding hydrogens is 420 g/mol. The van der Waals surface area contributed by atoms with Gasteiger partial charge >= 0.3 is 0 Å². The Hall–Kier alpha value is -1.41. The molecule has 1 heterocycles. The third-order valence-electron chi connectivity index (χ3n) is 5.58. The Kier molecular flexibility index (Phi) is 7.61. The number of amides is 1. The molecule has 1 saturated carbocycles. The lowest BCUT2D eigenvalue weighted by Crippen LogP contribution is -2.55. The Bertz CT molecular complexity index is 761. The number of morpholine rings is 1. The summed E-state index contributed by atoms with van der Waals surface area (Å²) < 4.78 is 6.16. The number of rotatable bonds is 8. The molecule has 166 valence electrons. The van der Waals surface area contributed by atoms with Crippen LogP contribution in [0.3, 0.4) is 0 Å². The summed E-state index contributed by atoms with van der Waals surface area (Å²) in [6.45, 7) is 7.08. The Morgan fingerprint density at radius 3 is 2.57 bits per heavy atom. The SMILES string of the molecule is CC(C)(C)SCC(C1CC1)N1C(=O)C(C/C(=C/N)NN)OCC1c1ccc(Cl)cc1. The summed E-state index contributed by atoms with van der Waals surface area (Å²) in [6, 6.07) is 7.76. The van der Waals surface area contributed by atoms with Crippen LogP contribution in [0.5, 0.6) is 0 Å². The van der Waals surface area contributed by atoms with Gasteiger partial charge in [-0.15, -0.1) is 0 Å². The number of benzene rings is 1. The van der Waals surface area contributed by atoms with Crippen LogP contribution in [0.1, 0.15) is 51.6 Å². The molecule has 3 unspecified atom stereocenters. The second kappa shape index (κ2) is 9.81. The smallest absolute Gasteiger partial charge is 0.252 e. The van der Waals surface area contributed by atoms with E-state index in [0.29, 0.717) is 29.7 Å². The van der Waals surface area contributed by atoms with E-state index in [1.807, 2.05) is 36.0 Å². The maximum Gasteiger partial charge on any atom is 0.252 e. The largest absolute Gasteiger partial charge is 0.403 e. The quantitative estimate of drug-likeness (QED) is 0.412. The molecule has 6 nitrogen and oxygen atoms in total. The molecule has 1 aliphatic heterocycles. The van der Waals surface area contributed by atoms with Crippen molar-refractivity contribution in [3.63, 3.8) is 0 Å². The lowest BCUT2D eigenvalue weighted by atomic mass is 9.98. The molecule has 2 aliphatic rings. The van der Waals surface area contributed by atoms with Gasteiger partial charge in [0.2, 0.25) is 0 Å². The number of carbonyl (C=O) groups is 1. The molecule has 1 aromatic carbocycles. The fourth-order valence-electron chi connectivity index (χ4n) is 3.80. The van der Waals surface area contributed by atoms with Gasteiger partial charge in [-0.1, -0.05) is 44.5 Å². The summed E-state index contributed by atoms with van der Waals surface area (Å²) in [5.41, 5.74) is 9.82. The van der Waals surface area contributed by atoms with Crippen LogP contribution in [0.4, 0.5) is 0 Å². The lowest BCUT2D eigenvalue weighted by molar-refractivity contribution is -0.164. The minimum atomic E-state index is -0.597. The predicted octanol–water partition coefficient (Wildman–Crippen LogP) is 3.57. The van der Waals surface area contributed by atoms with Gasteiger partial charge in [0.05, 0.1) is 12.6 Å². The Balaban J connectivity index is 1.90. The molecule has 5 N–H and O–H groups in total. The Labute approximate surface area is 188 Å². The van der Waals surface area contributed by atoms with Crippen LogP contribution >= 0.6 is 23.4 Å². The van der Waals surface area contributed by atoms with Gasteiger partial charge in [-0.05, 0) is 36.5 Å². The molecule has 1 saturated heterocycles. The first-order valence-electron chi connectivity index (χ1n) is 10.4. The molecule has 0 bridgehead atoms. The number of halogens is 1. The minimum absolute atomic E-state index is 0.00205. The van der Waals surface area contributed by atoms with Crippen molar-refractivity contribution < 1.29 is 9.53 Å². The molecule has 3 rings (SSSR count). The average molecular weight is 453 g/mol. The fraction of sp³-hybridized carbons (Fsp3) is 0.591. The van der Waals surface area contributed by atoms with E-state index in [1.165, 1.54) is 6.20 Å². The zero-order valence-corrected chi connectivity index (χ0v) is 19.5. The summed E-state index contributed by atoms with van der Waals surface area (Å²) in [6.07, 6.45) is 3.45. The van der Waals surface area contributed by atoms with Crippen molar-refractivity contribution in [3.8, 4) is 0 Å². The van der Waals surface area contributed by atoms with Gasteiger partial charge in [-0.2, -0.15) is 11.8 Å². The number of carbonyl (C=O) groups excluding carboxylic acids is 1. The number of thioether (sulfide) groups is 1. The molecule has 2 fully saturated rings. The molecular formula is C22H33ClN4O2S. The number of nitrogens with two attached hydrogens (primary N) is 2. The van der Waals surface area contributed by atoms with Gasteiger partial charge in [-0.25, -0.2) is 0 Å². The second-order valence-electron chi connectivity index (χ2n) is 9.00. The first-order chi connectivity index (χ1) is 14.2. The predicted molar refractivity (Wildman–Crippen MR) is 124 cm³/mol. The van der Waals surface area contributed by atoms with Crippen molar-refractivity contribution in [3.05, 3.63) is 46.7 Å². The van der Waals surface area contributed by atoms with Gasteiger partial charge in [-0.3, -0.25) is 10.6 Å². The van der Waals surface area contributed by atoms with Gasteiger partial charge in [0.25, 0.3) is 5.91 Å². The van der Waals surface area contributed by atoms with Crippen molar-refractivity contribution in [2.45, 2.75) is 63.0 Å². The van der Waals surface area contributed by atoms with Crippen molar-refractivity contribution in [2.24, 2.45) is 17.5 Å². The third kappa shape index (κ3) is 5.84. The molecule has 0 radical (unpaired) electrons. The van der Waals surface area contributed by atoms with E-state index in [1.54, 1.807) is 0 Å². The first kappa shape index (κ1) is 23.3. The molecule has 1 aliphatic carbocycles. The highest BCUT2D eigenvalue weighted by Gasteiger charge is 2.46. The molecule has 1 aromatic rings. The highest BCUT2D eigenvalue weighted by atomic mass is 35.5. The first-order valence-corrected chi connectivity index (χ1v) is 11.8. The van der Waals surface area contributed by atoms with Crippen LogP contribution in [-0.4, -0.2) is 40.1 Å². The zero-order valence-electron chi connectivity index (χ0n) is 17.9. The van der Waals surface area contributed by atoms with Crippen molar-refractivity contribution in [2.75, 3.05) is 12.4 Å². The zero-order chi connectivity index (χ0) is 21.9. The normalized spacial score (nSPS) is 24.1. The summed E-state index contributed by atoms with van der Waals surface area (Å²) in [5.74, 6) is 6.98. The molecule has 0 aromatic heterocycles. The van der Waals surface area contributed by atoms with Gasteiger partial charge in [0.15, 0.2) is 0 Å². The van der Waals surface area contributed by atoms with Gasteiger partial charge in [0, 0.05) is 39.9 Å². The van der Waals surface area contributed by atoms with Crippen molar-refractivity contribution in [1.29, 1.82) is 0 Å². The minimum Gasteiger partial charge on any atom is -0.403 e. The average Bonchev–Trinajstić information content (AvgIpc) is 3.53. The van der Waals surface area contributed by atoms with E-state index in [9.17, 15) is 4.79 Å². The van der Waals surface area contributed by atoms with Crippen molar-refractivity contribution >= 4 is 29.3 Å². The molecule has 30 heavy (non-hydrogen) atoms. The number of hydrogen-bond acceptors (Lipinski definition) is 6. The van der Waals surface area contributed by atoms with E-state index < -0.39 is 6.10 Å². The number of nitrogens with zero attached hydrogens (tertiary/aromatic N) is 1. The van der Waals surface area contributed by atoms with Crippen LogP contribution in [0.2, 0.25) is 5.02 Å². The van der Waals surface area contributed by atoms with E-state index in [4.69, 9.17) is 27.9 Å². The maximum atomic E-state index is 13.7. The number of hydrogen-bond donors (Lipinski definition) is 3. The van der Waals surface area contributed by atoms with Gasteiger partial charge < -0.3 is 20.8 Å². The van der Waals surface area contributed by atoms with Gasteiger partial charge in [0.1, 0.15) is 6.10 Å². The summed E-state index contributed by atoms with van der Waals surface area (Å²) in [7, 11) is 0. The third-order valence-corrected chi connectivity index (χ3v) is 7.20. The van der Waals surface area contributed by atoms with Crippen LogP contribution in [0.15, 0.2) is 36.2 Å². The molecule has 8 heteroatoms. The molecule has 3 atom stereocenters. The van der Waals surface area contributed by atoms with E-state index in [-0.39, 0.29) is 22.7 Å². The van der Waals surface area contributed by atoms with E-state index in [0.717, 1.165) is 24.2 Å². The monoisotopic (exact) mass is 452 g/mol. The van der Waals surface area contributed by atoms with E-state index >= 15 is 0 Å². The van der Waals surface area contributed by atoms with Crippen LogP contribution in [0.25, 0.3) is 0 Å². The van der Waals surface area contributed by atoms with Crippen LogP contribution < -0.4 is 17.0 Å². The topological polar surface area (TPSA) is 93.6 Å². The highest BCUT2D eigenvalue weighted by Crippen LogP contribution is 2.43. The summed E-state index contributed by atoms with van der Waals surface area (Å²) >= 11 is 8.01. The standard InChI is InChI=1S/C22H33ClN4O2S/c1-22(2,3)30-13-19(15-4-5-15)27-18(14-6-8-16(23)9-7-14)12-29-20(21(27)28)10-17(11-24)26-25/h6-9,11,15,18-20,26H,4-5,10,12-13,24-25H2,1-3H3/b17-11-. The highest BCUT2D eigenvalue weighted by molar-refractivity contribution is 8.00. The number of hydrazine groups is 1. The van der Waals surface area contributed by atoms with Crippen molar-refractivity contribution in [1.82, 2.24) is 10.3 Å². The maximum absolute atomic E-state index is 13.7. The fourth-order valence-corrected chi connectivity index (χ4v) is 5.03. The number of nitrogens with one attached hydrogen (secondary N) is 1. The Morgan fingerprint density at radius 2 is 2.03 bits per heavy atom. The van der Waals surface area contributed by atoms with E-state index in [2.05, 4.69) is 31.1 Å². The second-order valence-corrected chi connectivity index (χ2v) is 11.3. The van der Waals surface area contributed by atoms with Crippen LogP contribution in [-0.2, 0) is 9.53 Å². The molecule has 0 spiro atoms. The lowest BCUT2D eigenvalue weighted by Gasteiger charge is -2.45. The molecule has 1 amide bonds.